The zero-order valence-electron chi connectivity index (χ0n) is 19.1. The molecule has 0 fully saturated rings. The van der Waals surface area contributed by atoms with Crippen molar-refractivity contribution in [1.82, 2.24) is 0 Å². The summed E-state index contributed by atoms with van der Waals surface area (Å²) in [4.78, 5) is 0. The van der Waals surface area contributed by atoms with Crippen molar-refractivity contribution in [3.8, 4) is 0 Å². The molecule has 0 amide bonds. The van der Waals surface area contributed by atoms with E-state index in [1.54, 1.807) is 0 Å². The molecule has 0 spiro atoms. The summed E-state index contributed by atoms with van der Waals surface area (Å²) in [5.74, 6) is 0. The summed E-state index contributed by atoms with van der Waals surface area (Å²) in [6, 6.07) is 0. The van der Waals surface area contributed by atoms with Crippen molar-refractivity contribution >= 4 is 7.26 Å². The molecule has 0 saturated carbocycles. The second-order valence-electron chi connectivity index (χ2n) is 9.24. The standard InChI is InChI=1S/C24H52P/c1-8-9-10-11-12-13-14-15-16-17-18-19-20-21-25(22(2)3,23(4)5)24(6)7/h22-24H,8-21H2,1-7H3/q+1. The van der Waals surface area contributed by atoms with E-state index in [2.05, 4.69) is 48.5 Å². The normalized spacial score (nSPS) is 12.7. The van der Waals surface area contributed by atoms with Crippen molar-refractivity contribution in [3.63, 3.8) is 0 Å². The summed E-state index contributed by atoms with van der Waals surface area (Å²) in [6.07, 6.45) is 20.6. The van der Waals surface area contributed by atoms with E-state index in [4.69, 9.17) is 0 Å². The highest BCUT2D eigenvalue weighted by Crippen LogP contribution is 2.70. The highest BCUT2D eigenvalue weighted by atomic mass is 31.2. The van der Waals surface area contributed by atoms with E-state index in [0.29, 0.717) is 0 Å². The second-order valence-corrected chi connectivity index (χ2v) is 14.8. The summed E-state index contributed by atoms with van der Waals surface area (Å²) in [6.45, 7) is 17.3. The Morgan fingerprint density at radius 2 is 0.720 bits per heavy atom. The molecule has 1 heteroatoms. The van der Waals surface area contributed by atoms with Gasteiger partial charge < -0.3 is 0 Å². The predicted molar refractivity (Wildman–Crippen MR) is 123 cm³/mol. The highest BCUT2D eigenvalue weighted by Gasteiger charge is 2.46. The van der Waals surface area contributed by atoms with Gasteiger partial charge in [-0.2, -0.15) is 0 Å². The van der Waals surface area contributed by atoms with E-state index < -0.39 is 7.26 Å². The van der Waals surface area contributed by atoms with Gasteiger partial charge in [0.05, 0.1) is 23.1 Å². The van der Waals surface area contributed by atoms with Crippen LogP contribution in [0.2, 0.25) is 0 Å². The van der Waals surface area contributed by atoms with Gasteiger partial charge in [-0.1, -0.05) is 77.6 Å². The minimum absolute atomic E-state index is 0.794. The first kappa shape index (κ1) is 25.4. The summed E-state index contributed by atoms with van der Waals surface area (Å²) in [5.41, 5.74) is 2.72. The Bertz CT molecular complexity index is 258. The van der Waals surface area contributed by atoms with Crippen molar-refractivity contribution < 1.29 is 0 Å². The summed E-state index contributed by atoms with van der Waals surface area (Å²) >= 11 is 0. The van der Waals surface area contributed by atoms with Crippen LogP contribution in [0.15, 0.2) is 0 Å². The Labute approximate surface area is 162 Å². The monoisotopic (exact) mass is 371 g/mol. The Morgan fingerprint density at radius 1 is 0.440 bits per heavy atom. The molecule has 0 saturated heterocycles. The van der Waals surface area contributed by atoms with Crippen LogP contribution < -0.4 is 0 Å². The third-order valence-electron chi connectivity index (χ3n) is 6.53. The maximum Gasteiger partial charge on any atom is 0.0646 e. The molecule has 0 aromatic carbocycles. The molecule has 0 atom stereocenters. The minimum atomic E-state index is -0.794. The van der Waals surface area contributed by atoms with Gasteiger partial charge in [0, 0.05) is 7.26 Å². The maximum atomic E-state index is 2.50. The first-order chi connectivity index (χ1) is 11.9. The molecular formula is C24H52P+. The Balaban J connectivity index is 3.68. The maximum absolute atomic E-state index is 2.50. The Kier molecular flexibility index (Phi) is 15.8. The average Bonchev–Trinajstić information content (AvgIpc) is 2.54. The summed E-state index contributed by atoms with van der Waals surface area (Å²) in [7, 11) is -0.794. The number of hydrogen-bond acceptors (Lipinski definition) is 0. The van der Waals surface area contributed by atoms with Gasteiger partial charge in [-0.25, -0.2) is 0 Å². The molecule has 0 aliphatic heterocycles. The molecule has 0 heterocycles. The fourth-order valence-electron chi connectivity index (χ4n) is 4.97. The van der Waals surface area contributed by atoms with Crippen LogP contribution in [0.5, 0.6) is 0 Å². The van der Waals surface area contributed by atoms with Crippen molar-refractivity contribution in [2.24, 2.45) is 0 Å². The van der Waals surface area contributed by atoms with Crippen LogP contribution in [0.4, 0.5) is 0 Å². The lowest BCUT2D eigenvalue weighted by atomic mass is 10.1. The fourth-order valence-corrected chi connectivity index (χ4v) is 10.9. The number of rotatable bonds is 17. The van der Waals surface area contributed by atoms with Crippen LogP contribution in [0.25, 0.3) is 0 Å². The number of unbranched alkanes of at least 4 members (excludes halogenated alkanes) is 12. The molecule has 152 valence electrons. The Morgan fingerprint density at radius 3 is 1.00 bits per heavy atom. The van der Waals surface area contributed by atoms with E-state index in [1.165, 1.54) is 89.6 Å². The van der Waals surface area contributed by atoms with Gasteiger partial charge in [-0.15, -0.1) is 0 Å². The topological polar surface area (TPSA) is 0 Å². The summed E-state index contributed by atoms with van der Waals surface area (Å²) < 4.78 is 0. The van der Waals surface area contributed by atoms with Crippen LogP contribution in [-0.4, -0.2) is 23.1 Å². The van der Waals surface area contributed by atoms with E-state index >= 15 is 0 Å². The molecule has 0 aliphatic carbocycles. The van der Waals surface area contributed by atoms with Crippen LogP contribution in [0.3, 0.4) is 0 Å². The molecule has 0 aromatic heterocycles. The van der Waals surface area contributed by atoms with Crippen molar-refractivity contribution in [1.29, 1.82) is 0 Å². The minimum Gasteiger partial charge on any atom is -0.0654 e. The third kappa shape index (κ3) is 10.4. The zero-order valence-corrected chi connectivity index (χ0v) is 20.0. The molecule has 0 rings (SSSR count). The van der Waals surface area contributed by atoms with Gasteiger partial charge >= 0.3 is 0 Å². The lowest BCUT2D eigenvalue weighted by Gasteiger charge is -2.38. The SMILES string of the molecule is CCCCCCCCCCCCCCC[P+](C(C)C)(C(C)C)C(C)C. The van der Waals surface area contributed by atoms with Crippen LogP contribution in [0, 0.1) is 0 Å². The highest BCUT2D eigenvalue weighted by molar-refractivity contribution is 7.77. The van der Waals surface area contributed by atoms with Gasteiger partial charge in [0.1, 0.15) is 0 Å². The molecule has 0 radical (unpaired) electrons. The second kappa shape index (κ2) is 15.5. The van der Waals surface area contributed by atoms with Gasteiger partial charge in [0.2, 0.25) is 0 Å². The van der Waals surface area contributed by atoms with E-state index in [1.807, 2.05) is 0 Å². The molecule has 0 nitrogen and oxygen atoms in total. The zero-order chi connectivity index (χ0) is 19.1. The quantitative estimate of drug-likeness (QED) is 0.176. The van der Waals surface area contributed by atoms with E-state index in [9.17, 15) is 0 Å². The fraction of sp³-hybridized carbons (Fsp3) is 1.00. The van der Waals surface area contributed by atoms with Crippen LogP contribution in [-0.2, 0) is 0 Å². The molecule has 0 aliphatic rings. The van der Waals surface area contributed by atoms with Gasteiger partial charge in [0.15, 0.2) is 0 Å². The Hall–Kier alpha value is 0.430. The van der Waals surface area contributed by atoms with Crippen molar-refractivity contribution in [2.75, 3.05) is 6.16 Å². The van der Waals surface area contributed by atoms with E-state index in [-0.39, 0.29) is 0 Å². The molecule has 0 unspecified atom stereocenters. The van der Waals surface area contributed by atoms with Crippen molar-refractivity contribution in [2.45, 2.75) is 149 Å². The van der Waals surface area contributed by atoms with Gasteiger partial charge in [-0.05, 0) is 54.4 Å². The first-order valence-electron chi connectivity index (χ1n) is 11.8. The predicted octanol–water partition coefficient (Wildman–Crippen LogP) is 9.32. The molecular weight excluding hydrogens is 319 g/mol. The van der Waals surface area contributed by atoms with Gasteiger partial charge in [0.25, 0.3) is 0 Å². The van der Waals surface area contributed by atoms with Gasteiger partial charge in [-0.3, -0.25) is 0 Å². The van der Waals surface area contributed by atoms with Crippen LogP contribution >= 0.6 is 7.26 Å². The molecule has 0 aromatic rings. The van der Waals surface area contributed by atoms with E-state index in [0.717, 1.165) is 17.0 Å². The molecule has 0 bridgehead atoms. The average molecular weight is 372 g/mol. The summed E-state index contributed by atoms with van der Waals surface area (Å²) in [5, 5.41) is 0. The molecule has 0 N–H and O–H groups in total. The van der Waals surface area contributed by atoms with Crippen molar-refractivity contribution in [3.05, 3.63) is 0 Å². The first-order valence-corrected chi connectivity index (χ1v) is 13.9. The largest absolute Gasteiger partial charge is 0.0654 e. The molecule has 25 heavy (non-hydrogen) atoms. The lowest BCUT2D eigenvalue weighted by Crippen LogP contribution is -2.26. The lowest BCUT2D eigenvalue weighted by molar-refractivity contribution is 0.542. The van der Waals surface area contributed by atoms with Crippen LogP contribution in [0.1, 0.15) is 132 Å². The number of hydrogen-bond donors (Lipinski definition) is 0. The third-order valence-corrected chi connectivity index (χ3v) is 13.4. The smallest absolute Gasteiger partial charge is 0.0646 e.